The fourth-order valence-electron chi connectivity index (χ4n) is 2.12. The van der Waals surface area contributed by atoms with E-state index < -0.39 is 0 Å². The van der Waals surface area contributed by atoms with Crippen LogP contribution < -0.4 is 10.7 Å². The van der Waals surface area contributed by atoms with Crippen LogP contribution in [0, 0.1) is 0 Å². The van der Waals surface area contributed by atoms with Gasteiger partial charge in [-0.25, -0.2) is 9.97 Å². The Kier molecular flexibility index (Phi) is 2.12. The highest BCUT2D eigenvalue weighted by Gasteiger charge is 2.15. The van der Waals surface area contributed by atoms with Crippen LogP contribution >= 0.6 is 0 Å². The van der Waals surface area contributed by atoms with Crippen molar-refractivity contribution in [3.05, 3.63) is 12.5 Å². The molecule has 6 nitrogen and oxygen atoms in total. The third kappa shape index (κ3) is 1.37. The lowest BCUT2D eigenvalue weighted by Crippen LogP contribution is -2.39. The molecule has 2 aromatic rings. The topological polar surface area (TPSA) is 72.9 Å². The van der Waals surface area contributed by atoms with Crippen LogP contribution in [0.15, 0.2) is 12.5 Å². The predicted octanol–water partition coefficient (Wildman–Crippen LogP) is 0.530. The predicted molar refractivity (Wildman–Crippen MR) is 61.5 cm³/mol. The molecule has 16 heavy (non-hydrogen) atoms. The Bertz CT molecular complexity index is 499. The molecule has 3 heterocycles. The molecule has 0 unspecified atom stereocenters. The molecular formula is C10H14N6. The van der Waals surface area contributed by atoms with Crippen molar-refractivity contribution in [3.8, 4) is 0 Å². The average Bonchev–Trinajstić information content (AvgIpc) is 2.75. The molecule has 6 heteroatoms. The van der Waals surface area contributed by atoms with E-state index in [-0.39, 0.29) is 0 Å². The summed E-state index contributed by atoms with van der Waals surface area (Å²) in [5.74, 6) is 0.494. The highest BCUT2D eigenvalue weighted by molar-refractivity contribution is 5.84. The fourth-order valence-corrected chi connectivity index (χ4v) is 2.12. The molecular weight excluding hydrogens is 204 g/mol. The van der Waals surface area contributed by atoms with Gasteiger partial charge < -0.3 is 5.73 Å². The Morgan fingerprint density at radius 1 is 1.12 bits per heavy atom. The maximum Gasteiger partial charge on any atom is 0.186 e. The van der Waals surface area contributed by atoms with Crippen molar-refractivity contribution < 1.29 is 0 Å². The van der Waals surface area contributed by atoms with Gasteiger partial charge in [0, 0.05) is 13.1 Å². The van der Waals surface area contributed by atoms with Crippen molar-refractivity contribution in [3.63, 3.8) is 0 Å². The van der Waals surface area contributed by atoms with Gasteiger partial charge in [0.2, 0.25) is 0 Å². The van der Waals surface area contributed by atoms with Crippen molar-refractivity contribution in [2.24, 2.45) is 0 Å². The minimum atomic E-state index is 0.494. The third-order valence-electron chi connectivity index (χ3n) is 2.98. The van der Waals surface area contributed by atoms with Crippen molar-refractivity contribution >= 4 is 16.9 Å². The second kappa shape index (κ2) is 3.62. The van der Waals surface area contributed by atoms with Gasteiger partial charge >= 0.3 is 0 Å². The van der Waals surface area contributed by atoms with Gasteiger partial charge in [0.1, 0.15) is 12.1 Å². The number of rotatable bonds is 1. The van der Waals surface area contributed by atoms with Crippen molar-refractivity contribution in [2.45, 2.75) is 19.3 Å². The van der Waals surface area contributed by atoms with E-state index in [0.717, 1.165) is 24.1 Å². The van der Waals surface area contributed by atoms with Gasteiger partial charge in [0.25, 0.3) is 0 Å². The molecule has 0 aromatic carbocycles. The molecule has 0 bridgehead atoms. The molecule has 2 aromatic heterocycles. The number of nitrogens with two attached hydrogens (primary N) is 1. The van der Waals surface area contributed by atoms with Crippen LogP contribution in [0.2, 0.25) is 0 Å². The summed E-state index contributed by atoms with van der Waals surface area (Å²) in [4.78, 5) is 10.1. The summed E-state index contributed by atoms with van der Waals surface area (Å²) in [6.07, 6.45) is 6.94. The SMILES string of the molecule is Nc1ncnc2c1cnn2N1CCCCC1. The smallest absolute Gasteiger partial charge is 0.186 e. The zero-order chi connectivity index (χ0) is 11.0. The van der Waals surface area contributed by atoms with Crippen LogP contribution in [0.5, 0.6) is 0 Å². The Morgan fingerprint density at radius 3 is 2.75 bits per heavy atom. The Balaban J connectivity index is 2.06. The van der Waals surface area contributed by atoms with Gasteiger partial charge in [-0.15, -0.1) is 0 Å². The lowest BCUT2D eigenvalue weighted by atomic mass is 10.2. The molecule has 0 saturated carbocycles. The van der Waals surface area contributed by atoms with E-state index >= 15 is 0 Å². The monoisotopic (exact) mass is 218 g/mol. The van der Waals surface area contributed by atoms with E-state index in [9.17, 15) is 0 Å². The first kappa shape index (κ1) is 9.38. The summed E-state index contributed by atoms with van der Waals surface area (Å²) in [6.45, 7) is 2.06. The molecule has 2 N–H and O–H groups in total. The summed E-state index contributed by atoms with van der Waals surface area (Å²) in [5, 5.41) is 7.37. The van der Waals surface area contributed by atoms with Gasteiger partial charge in [0.15, 0.2) is 5.65 Å². The minimum Gasteiger partial charge on any atom is -0.383 e. The number of aromatic nitrogens is 4. The van der Waals surface area contributed by atoms with Gasteiger partial charge in [0.05, 0.1) is 11.6 Å². The fraction of sp³-hybridized carbons (Fsp3) is 0.500. The molecule has 0 aliphatic carbocycles. The number of hydrogen-bond donors (Lipinski definition) is 1. The molecule has 1 aliphatic rings. The van der Waals surface area contributed by atoms with E-state index in [1.807, 2.05) is 4.79 Å². The van der Waals surface area contributed by atoms with Crippen LogP contribution in [-0.2, 0) is 0 Å². The maximum absolute atomic E-state index is 5.78. The Hall–Kier alpha value is -1.85. The summed E-state index contributed by atoms with van der Waals surface area (Å²) in [5.41, 5.74) is 6.58. The zero-order valence-corrected chi connectivity index (χ0v) is 9.00. The van der Waals surface area contributed by atoms with Gasteiger partial charge in [-0.3, -0.25) is 5.01 Å². The van der Waals surface area contributed by atoms with E-state index in [1.54, 1.807) is 6.20 Å². The summed E-state index contributed by atoms with van der Waals surface area (Å²) in [7, 11) is 0. The van der Waals surface area contributed by atoms with Crippen molar-refractivity contribution in [1.29, 1.82) is 0 Å². The summed E-state index contributed by atoms with van der Waals surface area (Å²) >= 11 is 0. The Morgan fingerprint density at radius 2 is 1.94 bits per heavy atom. The molecule has 1 saturated heterocycles. The van der Waals surface area contributed by atoms with Crippen molar-refractivity contribution in [2.75, 3.05) is 23.8 Å². The van der Waals surface area contributed by atoms with Gasteiger partial charge in [-0.2, -0.15) is 9.89 Å². The average molecular weight is 218 g/mol. The summed E-state index contributed by atoms with van der Waals surface area (Å²) < 4.78 is 0. The number of nitrogen functional groups attached to an aromatic ring is 1. The first-order chi connectivity index (χ1) is 7.86. The van der Waals surface area contributed by atoms with Crippen LogP contribution in [0.25, 0.3) is 11.0 Å². The number of nitrogens with zero attached hydrogens (tertiary/aromatic N) is 5. The molecule has 0 spiro atoms. The van der Waals surface area contributed by atoms with E-state index in [4.69, 9.17) is 5.73 Å². The van der Waals surface area contributed by atoms with Crippen LogP contribution in [0.3, 0.4) is 0 Å². The second-order valence-corrected chi connectivity index (χ2v) is 4.04. The number of anilines is 1. The molecule has 0 radical (unpaired) electrons. The molecule has 0 atom stereocenters. The molecule has 3 rings (SSSR count). The lowest BCUT2D eigenvalue weighted by molar-refractivity contribution is 0.456. The summed E-state index contributed by atoms with van der Waals surface area (Å²) in [6, 6.07) is 0. The lowest BCUT2D eigenvalue weighted by Gasteiger charge is -2.28. The van der Waals surface area contributed by atoms with Crippen LogP contribution in [0.4, 0.5) is 5.82 Å². The first-order valence-corrected chi connectivity index (χ1v) is 5.56. The second-order valence-electron chi connectivity index (χ2n) is 4.04. The normalized spacial score (nSPS) is 16.9. The molecule has 1 fully saturated rings. The zero-order valence-electron chi connectivity index (χ0n) is 9.00. The third-order valence-corrected chi connectivity index (χ3v) is 2.98. The largest absolute Gasteiger partial charge is 0.383 e. The maximum atomic E-state index is 5.78. The minimum absolute atomic E-state index is 0.494. The molecule has 0 amide bonds. The van der Waals surface area contributed by atoms with E-state index in [2.05, 4.69) is 20.1 Å². The van der Waals surface area contributed by atoms with Crippen molar-refractivity contribution in [1.82, 2.24) is 19.9 Å². The van der Waals surface area contributed by atoms with Gasteiger partial charge in [-0.05, 0) is 19.3 Å². The van der Waals surface area contributed by atoms with E-state index in [0.29, 0.717) is 5.82 Å². The molecule has 1 aliphatic heterocycles. The standard InChI is InChI=1S/C10H14N6/c11-9-8-6-14-16(10(8)13-7-12-9)15-4-2-1-3-5-15/h6-7H,1-5H2,(H2,11,12,13). The Labute approximate surface area is 93.0 Å². The van der Waals surface area contributed by atoms with Crippen LogP contribution in [-0.4, -0.2) is 32.9 Å². The quantitative estimate of drug-likeness (QED) is 0.756. The number of hydrogen-bond acceptors (Lipinski definition) is 5. The van der Waals surface area contributed by atoms with Crippen LogP contribution in [0.1, 0.15) is 19.3 Å². The first-order valence-electron chi connectivity index (χ1n) is 5.56. The number of fused-ring (bicyclic) bond motifs is 1. The van der Waals surface area contributed by atoms with Gasteiger partial charge in [-0.1, -0.05) is 0 Å². The van der Waals surface area contributed by atoms with E-state index in [1.165, 1.54) is 25.6 Å². The number of piperidine rings is 1. The highest BCUT2D eigenvalue weighted by atomic mass is 15.7. The molecule has 84 valence electrons. The highest BCUT2D eigenvalue weighted by Crippen LogP contribution is 2.17.